The van der Waals surface area contributed by atoms with Crippen LogP contribution in [-0.2, 0) is 0 Å². The van der Waals surface area contributed by atoms with E-state index in [9.17, 15) is 0 Å². The number of hydrogen-bond acceptors (Lipinski definition) is 0. The predicted octanol–water partition coefficient (Wildman–Crippen LogP) is 7.68. The third-order valence-corrected chi connectivity index (χ3v) is 4.51. The summed E-state index contributed by atoms with van der Waals surface area (Å²) >= 11 is 0. The van der Waals surface area contributed by atoms with Gasteiger partial charge in [0.1, 0.15) is 0 Å². The van der Waals surface area contributed by atoms with E-state index in [0.717, 1.165) is 5.92 Å². The van der Waals surface area contributed by atoms with E-state index in [1.165, 1.54) is 89.9 Å². The lowest BCUT2D eigenvalue weighted by molar-refractivity contribution is 0.394. The lowest BCUT2D eigenvalue weighted by Gasteiger charge is -2.14. The average molecular weight is 281 g/mol. The molecule has 0 nitrogen and oxygen atoms in total. The smallest absolute Gasteiger partial charge is 0.0351 e. The molecule has 0 saturated heterocycles. The van der Waals surface area contributed by atoms with E-state index in [2.05, 4.69) is 32.9 Å². The minimum atomic E-state index is 1.01. The Balaban J connectivity index is 3.33. The van der Waals surface area contributed by atoms with Crippen molar-refractivity contribution in [3.8, 4) is 0 Å². The normalized spacial score (nSPS) is 13.2. The molecule has 20 heavy (non-hydrogen) atoms. The van der Waals surface area contributed by atoms with Crippen LogP contribution < -0.4 is 0 Å². The van der Waals surface area contributed by atoms with Crippen LogP contribution >= 0.6 is 0 Å². The van der Waals surface area contributed by atoms with Gasteiger partial charge in [-0.1, -0.05) is 103 Å². The zero-order chi connectivity index (χ0) is 14.9. The van der Waals surface area contributed by atoms with Crippen LogP contribution in [0.4, 0.5) is 0 Å². The van der Waals surface area contributed by atoms with E-state index in [1.54, 1.807) is 0 Å². The highest BCUT2D eigenvalue weighted by Gasteiger charge is 2.05. The van der Waals surface area contributed by atoms with Gasteiger partial charge < -0.3 is 0 Å². The second kappa shape index (κ2) is 16.8. The van der Waals surface area contributed by atoms with Crippen molar-refractivity contribution < 1.29 is 0 Å². The molecule has 0 aliphatic rings. The lowest BCUT2D eigenvalue weighted by atomic mass is 9.92. The fraction of sp³-hybridized carbons (Fsp3) is 0.900. The maximum Gasteiger partial charge on any atom is -0.0351 e. The molecule has 1 atom stereocenters. The summed E-state index contributed by atoms with van der Waals surface area (Å²) < 4.78 is 0. The molecule has 0 aliphatic carbocycles. The first-order chi connectivity index (χ1) is 9.85. The Hall–Kier alpha value is -0.260. The molecule has 0 amide bonds. The molecule has 0 rings (SSSR count). The monoisotopic (exact) mass is 280 g/mol. The van der Waals surface area contributed by atoms with Crippen LogP contribution in [0.5, 0.6) is 0 Å². The van der Waals surface area contributed by atoms with E-state index in [0.29, 0.717) is 0 Å². The van der Waals surface area contributed by atoms with Gasteiger partial charge in [0, 0.05) is 0 Å². The van der Waals surface area contributed by atoms with Gasteiger partial charge in [-0.25, -0.2) is 0 Å². The molecule has 120 valence electrons. The molecule has 0 heteroatoms. The molecule has 0 bridgehead atoms. The van der Waals surface area contributed by atoms with Gasteiger partial charge in [0.2, 0.25) is 0 Å². The van der Waals surface area contributed by atoms with Gasteiger partial charge in [-0.2, -0.15) is 0 Å². The molecule has 0 aromatic rings. The Morgan fingerprint density at radius 1 is 0.700 bits per heavy atom. The molecule has 0 saturated carbocycles. The van der Waals surface area contributed by atoms with Crippen LogP contribution in [0.1, 0.15) is 111 Å². The summed E-state index contributed by atoms with van der Waals surface area (Å²) in [4.78, 5) is 0. The Labute approximate surface area is 129 Å². The Morgan fingerprint density at radius 2 is 1.25 bits per heavy atom. The number of hydrogen-bond donors (Lipinski definition) is 0. The molecule has 0 spiro atoms. The molecule has 0 aromatic heterocycles. The summed E-state index contributed by atoms with van der Waals surface area (Å²) in [5, 5.41) is 0. The summed E-state index contributed by atoms with van der Waals surface area (Å²) in [6, 6.07) is 0. The van der Waals surface area contributed by atoms with Crippen molar-refractivity contribution in [2.75, 3.05) is 0 Å². The topological polar surface area (TPSA) is 0 Å². The van der Waals surface area contributed by atoms with Crippen molar-refractivity contribution in [1.29, 1.82) is 0 Å². The van der Waals surface area contributed by atoms with E-state index in [-0.39, 0.29) is 0 Å². The Morgan fingerprint density at radius 3 is 1.80 bits per heavy atom. The Bertz CT molecular complexity index is 192. The largest absolute Gasteiger partial charge is 0.0917 e. The molecule has 1 unspecified atom stereocenters. The highest BCUT2D eigenvalue weighted by Crippen LogP contribution is 2.21. The van der Waals surface area contributed by atoms with Crippen LogP contribution in [0, 0.1) is 5.92 Å². The summed E-state index contributed by atoms with van der Waals surface area (Å²) in [7, 11) is 0. The van der Waals surface area contributed by atoms with Crippen LogP contribution in [0.15, 0.2) is 12.2 Å². The fourth-order valence-electron chi connectivity index (χ4n) is 2.98. The second-order valence-corrected chi connectivity index (χ2v) is 6.39. The molecule has 0 aromatic carbocycles. The van der Waals surface area contributed by atoms with Gasteiger partial charge in [0.25, 0.3) is 0 Å². The second-order valence-electron chi connectivity index (χ2n) is 6.39. The first-order valence-electron chi connectivity index (χ1n) is 9.46. The molecular weight excluding hydrogens is 240 g/mol. The first kappa shape index (κ1) is 19.7. The Kier molecular flexibility index (Phi) is 16.6. The average Bonchev–Trinajstić information content (AvgIpc) is 2.47. The standard InChI is InChI=1S/C20H40/c1-4-7-9-11-13-15-17-19-20(6-3)18-16-14-12-10-8-5-2/h5,8,20H,4,6-7,9-19H2,1-3H3/b8-5+. The minimum Gasteiger partial charge on any atom is -0.0917 e. The third kappa shape index (κ3) is 14.2. The van der Waals surface area contributed by atoms with E-state index in [4.69, 9.17) is 0 Å². The quantitative estimate of drug-likeness (QED) is 0.213. The number of unbranched alkanes of at least 4 members (excludes halogenated alkanes) is 9. The van der Waals surface area contributed by atoms with Gasteiger partial charge in [-0.3, -0.25) is 0 Å². The first-order valence-corrected chi connectivity index (χ1v) is 9.46. The lowest BCUT2D eigenvalue weighted by Crippen LogP contribution is -1.99. The highest BCUT2D eigenvalue weighted by atomic mass is 14.1. The number of rotatable bonds is 15. The third-order valence-electron chi connectivity index (χ3n) is 4.51. The maximum atomic E-state index is 2.38. The fourth-order valence-corrected chi connectivity index (χ4v) is 2.98. The molecule has 0 N–H and O–H groups in total. The van der Waals surface area contributed by atoms with Crippen molar-refractivity contribution >= 4 is 0 Å². The van der Waals surface area contributed by atoms with E-state index >= 15 is 0 Å². The SMILES string of the molecule is C/C=C/CCCCCC(CC)CCCCCCCCC. The van der Waals surface area contributed by atoms with Crippen molar-refractivity contribution in [2.45, 2.75) is 111 Å². The highest BCUT2D eigenvalue weighted by molar-refractivity contribution is 4.76. The molecule has 0 heterocycles. The molecule has 0 fully saturated rings. The predicted molar refractivity (Wildman–Crippen MR) is 94.3 cm³/mol. The van der Waals surface area contributed by atoms with E-state index < -0.39 is 0 Å². The zero-order valence-corrected chi connectivity index (χ0v) is 14.6. The van der Waals surface area contributed by atoms with Crippen LogP contribution in [0.25, 0.3) is 0 Å². The van der Waals surface area contributed by atoms with Gasteiger partial charge in [0.15, 0.2) is 0 Å². The van der Waals surface area contributed by atoms with Crippen LogP contribution in [0.2, 0.25) is 0 Å². The summed E-state index contributed by atoms with van der Waals surface area (Å²) in [6.07, 6.45) is 24.5. The zero-order valence-electron chi connectivity index (χ0n) is 14.6. The minimum absolute atomic E-state index is 1.01. The van der Waals surface area contributed by atoms with Crippen molar-refractivity contribution in [3.63, 3.8) is 0 Å². The summed E-state index contributed by atoms with van der Waals surface area (Å²) in [5.41, 5.74) is 0. The summed E-state index contributed by atoms with van der Waals surface area (Å²) in [6.45, 7) is 6.80. The summed E-state index contributed by atoms with van der Waals surface area (Å²) in [5.74, 6) is 1.01. The van der Waals surface area contributed by atoms with Crippen LogP contribution in [-0.4, -0.2) is 0 Å². The molecule has 0 aliphatic heterocycles. The van der Waals surface area contributed by atoms with Gasteiger partial charge in [-0.15, -0.1) is 0 Å². The van der Waals surface area contributed by atoms with Crippen molar-refractivity contribution in [1.82, 2.24) is 0 Å². The van der Waals surface area contributed by atoms with Gasteiger partial charge in [-0.05, 0) is 25.7 Å². The molecule has 0 radical (unpaired) electrons. The van der Waals surface area contributed by atoms with Gasteiger partial charge >= 0.3 is 0 Å². The van der Waals surface area contributed by atoms with Crippen molar-refractivity contribution in [2.24, 2.45) is 5.92 Å². The molecular formula is C20H40. The van der Waals surface area contributed by atoms with Crippen molar-refractivity contribution in [3.05, 3.63) is 12.2 Å². The maximum absolute atomic E-state index is 2.38. The van der Waals surface area contributed by atoms with Gasteiger partial charge in [0.05, 0.1) is 0 Å². The van der Waals surface area contributed by atoms with E-state index in [1.807, 2.05) is 0 Å². The number of allylic oxidation sites excluding steroid dienone is 2. The van der Waals surface area contributed by atoms with Crippen LogP contribution in [0.3, 0.4) is 0 Å².